The summed E-state index contributed by atoms with van der Waals surface area (Å²) in [5, 5.41) is 10.6. The molecule has 170 valence electrons. The van der Waals surface area contributed by atoms with E-state index in [9.17, 15) is 4.79 Å². The van der Waals surface area contributed by atoms with Gasteiger partial charge in [-0.1, -0.05) is 60.2 Å². The van der Waals surface area contributed by atoms with Crippen LogP contribution in [0.3, 0.4) is 0 Å². The van der Waals surface area contributed by atoms with Crippen molar-refractivity contribution in [1.29, 1.82) is 0 Å². The average molecular weight is 452 g/mol. The van der Waals surface area contributed by atoms with Gasteiger partial charge in [-0.05, 0) is 49.2 Å². The third-order valence-corrected chi connectivity index (χ3v) is 5.79. The van der Waals surface area contributed by atoms with E-state index >= 15 is 0 Å². The van der Waals surface area contributed by atoms with Crippen LogP contribution >= 0.6 is 0 Å². The fourth-order valence-corrected chi connectivity index (χ4v) is 4.01. The number of fused-ring (bicyclic) bond motifs is 1. The van der Waals surface area contributed by atoms with Crippen molar-refractivity contribution in [2.75, 3.05) is 10.6 Å². The predicted molar refractivity (Wildman–Crippen MR) is 132 cm³/mol. The molecule has 3 aromatic carbocycles. The Morgan fingerprint density at radius 1 is 1.00 bits per heavy atom. The molecule has 7 heteroatoms. The Hall–Kier alpha value is -4.39. The van der Waals surface area contributed by atoms with Crippen molar-refractivity contribution in [3.63, 3.8) is 0 Å². The Labute approximate surface area is 198 Å². The number of para-hydroxylation sites is 1. The zero-order valence-corrected chi connectivity index (χ0v) is 19.0. The third kappa shape index (κ3) is 4.41. The van der Waals surface area contributed by atoms with Gasteiger partial charge in [0.05, 0.1) is 5.57 Å². The number of amides is 1. The molecule has 1 aromatic heterocycles. The number of nitrogens with one attached hydrogen (secondary N) is 2. The van der Waals surface area contributed by atoms with Crippen LogP contribution in [-0.2, 0) is 11.4 Å². The van der Waals surface area contributed by atoms with Crippen LogP contribution in [0.25, 0.3) is 0 Å². The van der Waals surface area contributed by atoms with Gasteiger partial charge >= 0.3 is 0 Å². The van der Waals surface area contributed by atoms with Crippen molar-refractivity contribution >= 4 is 17.5 Å². The second-order valence-electron chi connectivity index (χ2n) is 8.26. The normalized spacial score (nSPS) is 14.8. The number of benzene rings is 3. The topological polar surface area (TPSA) is 81.1 Å². The average Bonchev–Trinajstić information content (AvgIpc) is 3.32. The Bertz CT molecular complexity index is 1330. The molecule has 7 nitrogen and oxygen atoms in total. The summed E-state index contributed by atoms with van der Waals surface area (Å²) in [5.41, 5.74) is 5.29. The molecule has 1 amide bonds. The standard InChI is InChI=1S/C27H25N5O2/c1-18-8-10-20(11-9-18)16-34-23-14-12-21(13-15-23)25-24(19(2)30-27-28-17-29-32(25)27)26(33)31-22-6-4-3-5-7-22/h3-15,17,25H,16H2,1-2H3,(H,31,33)(H,28,29,30)/t25-/m1/s1. The summed E-state index contributed by atoms with van der Waals surface area (Å²) in [6.07, 6.45) is 1.49. The summed E-state index contributed by atoms with van der Waals surface area (Å²) in [7, 11) is 0. The lowest BCUT2D eigenvalue weighted by Crippen LogP contribution is -2.31. The van der Waals surface area contributed by atoms with E-state index in [0.29, 0.717) is 18.1 Å². The van der Waals surface area contributed by atoms with Crippen molar-refractivity contribution in [2.24, 2.45) is 0 Å². The molecule has 0 unspecified atom stereocenters. The first-order valence-corrected chi connectivity index (χ1v) is 11.1. The zero-order chi connectivity index (χ0) is 23.5. The molecule has 1 atom stereocenters. The maximum Gasteiger partial charge on any atom is 0.255 e. The van der Waals surface area contributed by atoms with E-state index in [1.54, 1.807) is 4.68 Å². The van der Waals surface area contributed by atoms with Gasteiger partial charge in [0.1, 0.15) is 24.7 Å². The molecule has 34 heavy (non-hydrogen) atoms. The number of anilines is 2. The van der Waals surface area contributed by atoms with Crippen molar-refractivity contribution in [3.8, 4) is 5.75 Å². The number of hydrogen-bond acceptors (Lipinski definition) is 5. The predicted octanol–water partition coefficient (Wildman–Crippen LogP) is 5.09. The van der Waals surface area contributed by atoms with E-state index in [0.717, 1.165) is 28.3 Å². The van der Waals surface area contributed by atoms with Crippen LogP contribution in [0.15, 0.2) is 96.5 Å². The Morgan fingerprint density at radius 2 is 1.74 bits per heavy atom. The van der Waals surface area contributed by atoms with E-state index in [4.69, 9.17) is 4.74 Å². The zero-order valence-electron chi connectivity index (χ0n) is 19.0. The van der Waals surface area contributed by atoms with Gasteiger partial charge in [0, 0.05) is 11.4 Å². The van der Waals surface area contributed by atoms with E-state index in [2.05, 4.69) is 51.9 Å². The fourth-order valence-electron chi connectivity index (χ4n) is 4.01. The van der Waals surface area contributed by atoms with Crippen LogP contribution in [-0.4, -0.2) is 20.7 Å². The lowest BCUT2D eigenvalue weighted by molar-refractivity contribution is -0.113. The summed E-state index contributed by atoms with van der Waals surface area (Å²) in [5.74, 6) is 1.16. The Balaban J connectivity index is 1.40. The lowest BCUT2D eigenvalue weighted by Gasteiger charge is -2.28. The number of aryl methyl sites for hydroxylation is 1. The van der Waals surface area contributed by atoms with E-state index in [1.807, 2.05) is 61.5 Å². The van der Waals surface area contributed by atoms with Gasteiger partial charge in [-0.15, -0.1) is 0 Å². The van der Waals surface area contributed by atoms with Gasteiger partial charge < -0.3 is 15.4 Å². The largest absolute Gasteiger partial charge is 0.489 e. The molecule has 0 aliphatic carbocycles. The highest BCUT2D eigenvalue weighted by molar-refractivity contribution is 6.06. The van der Waals surface area contributed by atoms with Crippen molar-refractivity contribution in [3.05, 3.63) is 113 Å². The van der Waals surface area contributed by atoms with Gasteiger partial charge in [0.2, 0.25) is 5.95 Å². The molecule has 0 spiro atoms. The number of carbonyl (C=O) groups is 1. The molecule has 2 N–H and O–H groups in total. The minimum absolute atomic E-state index is 0.193. The molecular weight excluding hydrogens is 426 g/mol. The van der Waals surface area contributed by atoms with E-state index in [-0.39, 0.29) is 5.91 Å². The molecule has 5 rings (SSSR count). The number of carbonyl (C=O) groups excluding carboxylic acids is 1. The van der Waals surface area contributed by atoms with Gasteiger partial charge in [-0.2, -0.15) is 10.1 Å². The number of hydrogen-bond donors (Lipinski definition) is 2. The van der Waals surface area contributed by atoms with Gasteiger partial charge in [-0.3, -0.25) is 4.79 Å². The second-order valence-corrected chi connectivity index (χ2v) is 8.26. The van der Waals surface area contributed by atoms with Gasteiger partial charge in [0.15, 0.2) is 0 Å². The number of ether oxygens (including phenoxy) is 1. The maximum absolute atomic E-state index is 13.3. The Morgan fingerprint density at radius 3 is 2.47 bits per heavy atom. The number of nitrogens with zero attached hydrogens (tertiary/aromatic N) is 3. The quantitative estimate of drug-likeness (QED) is 0.427. The van der Waals surface area contributed by atoms with Crippen LogP contribution in [0.5, 0.6) is 5.75 Å². The summed E-state index contributed by atoms with van der Waals surface area (Å²) in [6, 6.07) is 25.0. The molecule has 0 bridgehead atoms. The minimum Gasteiger partial charge on any atom is -0.489 e. The SMILES string of the molecule is CC1=C(C(=O)Nc2ccccc2)[C@@H](c2ccc(OCc3ccc(C)cc3)cc2)n2ncnc2N1. The van der Waals surface area contributed by atoms with E-state index in [1.165, 1.54) is 11.9 Å². The molecule has 4 aromatic rings. The first-order valence-electron chi connectivity index (χ1n) is 11.1. The number of rotatable bonds is 6. The number of aromatic nitrogens is 3. The van der Waals surface area contributed by atoms with Crippen molar-refractivity contribution in [1.82, 2.24) is 14.8 Å². The van der Waals surface area contributed by atoms with Crippen LogP contribution in [0.4, 0.5) is 11.6 Å². The number of allylic oxidation sites excluding steroid dienone is 1. The molecular formula is C27H25N5O2. The smallest absolute Gasteiger partial charge is 0.255 e. The minimum atomic E-state index is -0.423. The Kier molecular flexibility index (Phi) is 5.82. The molecule has 0 fully saturated rings. The van der Waals surface area contributed by atoms with Gasteiger partial charge in [0.25, 0.3) is 5.91 Å². The highest BCUT2D eigenvalue weighted by Gasteiger charge is 2.33. The van der Waals surface area contributed by atoms with Crippen molar-refractivity contribution < 1.29 is 9.53 Å². The van der Waals surface area contributed by atoms with Crippen LogP contribution in [0.2, 0.25) is 0 Å². The summed E-state index contributed by atoms with van der Waals surface area (Å²) in [6.45, 7) is 4.43. The van der Waals surface area contributed by atoms with E-state index < -0.39 is 6.04 Å². The van der Waals surface area contributed by atoms with Gasteiger partial charge in [-0.25, -0.2) is 4.68 Å². The molecule has 0 radical (unpaired) electrons. The third-order valence-electron chi connectivity index (χ3n) is 5.79. The molecule has 0 saturated carbocycles. The van der Waals surface area contributed by atoms with Crippen LogP contribution < -0.4 is 15.4 Å². The fraction of sp³-hybridized carbons (Fsp3) is 0.148. The first-order chi connectivity index (χ1) is 16.6. The molecule has 1 aliphatic rings. The highest BCUT2D eigenvalue weighted by atomic mass is 16.5. The first kappa shape index (κ1) is 21.5. The van der Waals surface area contributed by atoms with Crippen LogP contribution in [0.1, 0.15) is 29.7 Å². The summed E-state index contributed by atoms with van der Waals surface area (Å²) < 4.78 is 7.70. The molecule has 2 heterocycles. The molecule has 1 aliphatic heterocycles. The highest BCUT2D eigenvalue weighted by Crippen LogP contribution is 2.35. The monoisotopic (exact) mass is 451 g/mol. The summed E-state index contributed by atoms with van der Waals surface area (Å²) in [4.78, 5) is 17.6. The lowest BCUT2D eigenvalue weighted by atomic mass is 9.95. The molecule has 0 saturated heterocycles. The maximum atomic E-state index is 13.3. The van der Waals surface area contributed by atoms with Crippen molar-refractivity contribution in [2.45, 2.75) is 26.5 Å². The summed E-state index contributed by atoms with van der Waals surface area (Å²) >= 11 is 0. The second kappa shape index (κ2) is 9.23. The van der Waals surface area contributed by atoms with Crippen LogP contribution in [0, 0.1) is 6.92 Å².